The number of carbonyl (C=O) groups excluding carboxylic acids is 1. The van der Waals surface area contributed by atoms with Crippen molar-refractivity contribution in [3.05, 3.63) is 59.7 Å². The molecular weight excluding hydrogens is 373 g/mol. The lowest BCUT2D eigenvalue weighted by atomic mass is 10.3. The molecule has 0 unspecified atom stereocenters. The van der Waals surface area contributed by atoms with Gasteiger partial charge in [-0.3, -0.25) is 4.79 Å². The summed E-state index contributed by atoms with van der Waals surface area (Å²) in [5.41, 5.74) is 1.98. The summed E-state index contributed by atoms with van der Waals surface area (Å²) in [6, 6.07) is 13.3. The standard InChI is InChI=1S/C17H12FN5OS2/c18-11-3-5-12(6-4-11)19-16(24)10-26-17-21-20-15-8-7-13(22-23(15)17)14-2-1-9-25-14/h1-9H,10H2,(H,19,24). The number of hydrogen-bond acceptors (Lipinski definition) is 6. The SMILES string of the molecule is O=C(CSc1nnc2ccc(-c3cccs3)nn12)Nc1ccc(F)cc1. The van der Waals surface area contributed by atoms with Crippen LogP contribution in [0.4, 0.5) is 10.1 Å². The second-order valence-electron chi connectivity index (χ2n) is 5.29. The predicted octanol–water partition coefficient (Wildman–Crippen LogP) is 3.72. The lowest BCUT2D eigenvalue weighted by molar-refractivity contribution is -0.113. The topological polar surface area (TPSA) is 72.2 Å². The van der Waals surface area contributed by atoms with E-state index in [1.165, 1.54) is 36.0 Å². The summed E-state index contributed by atoms with van der Waals surface area (Å²) in [6.45, 7) is 0. The number of fused-ring (bicyclic) bond motifs is 1. The van der Waals surface area contributed by atoms with Gasteiger partial charge < -0.3 is 5.32 Å². The Balaban J connectivity index is 1.47. The van der Waals surface area contributed by atoms with Gasteiger partial charge in [-0.2, -0.15) is 9.61 Å². The van der Waals surface area contributed by atoms with Crippen molar-refractivity contribution < 1.29 is 9.18 Å². The maximum absolute atomic E-state index is 12.9. The van der Waals surface area contributed by atoms with E-state index >= 15 is 0 Å². The van der Waals surface area contributed by atoms with E-state index in [1.807, 2.05) is 29.6 Å². The quantitative estimate of drug-likeness (QED) is 0.530. The Labute approximate surface area is 156 Å². The number of carbonyl (C=O) groups is 1. The van der Waals surface area contributed by atoms with Crippen LogP contribution in [0.3, 0.4) is 0 Å². The van der Waals surface area contributed by atoms with Crippen molar-refractivity contribution >= 4 is 40.3 Å². The van der Waals surface area contributed by atoms with Crippen molar-refractivity contribution in [3.8, 4) is 10.6 Å². The molecule has 130 valence electrons. The predicted molar refractivity (Wildman–Crippen MR) is 99.8 cm³/mol. The van der Waals surface area contributed by atoms with Gasteiger partial charge in [0.15, 0.2) is 5.65 Å². The molecule has 9 heteroatoms. The van der Waals surface area contributed by atoms with Crippen molar-refractivity contribution in [1.82, 2.24) is 19.8 Å². The van der Waals surface area contributed by atoms with E-state index in [1.54, 1.807) is 15.9 Å². The van der Waals surface area contributed by atoms with E-state index in [-0.39, 0.29) is 17.5 Å². The lowest BCUT2D eigenvalue weighted by Gasteiger charge is -2.04. The number of rotatable bonds is 5. The number of nitrogens with one attached hydrogen (secondary N) is 1. The van der Waals surface area contributed by atoms with Crippen LogP contribution < -0.4 is 5.32 Å². The summed E-state index contributed by atoms with van der Waals surface area (Å²) < 4.78 is 14.5. The van der Waals surface area contributed by atoms with Crippen LogP contribution in [-0.2, 0) is 4.79 Å². The van der Waals surface area contributed by atoms with Gasteiger partial charge in [0, 0.05) is 5.69 Å². The molecule has 4 rings (SSSR count). The van der Waals surface area contributed by atoms with Gasteiger partial charge in [-0.05, 0) is 47.8 Å². The molecule has 0 aliphatic carbocycles. The Morgan fingerprint density at radius 1 is 1.15 bits per heavy atom. The maximum Gasteiger partial charge on any atom is 0.234 e. The fraction of sp³-hybridized carbons (Fsp3) is 0.0588. The highest BCUT2D eigenvalue weighted by atomic mass is 32.2. The minimum Gasteiger partial charge on any atom is -0.325 e. The highest BCUT2D eigenvalue weighted by Gasteiger charge is 2.12. The van der Waals surface area contributed by atoms with Gasteiger partial charge in [0.05, 0.1) is 10.6 Å². The third-order valence-electron chi connectivity index (χ3n) is 3.47. The molecule has 0 radical (unpaired) electrons. The molecular formula is C17H12FN5OS2. The highest BCUT2D eigenvalue weighted by Crippen LogP contribution is 2.24. The van der Waals surface area contributed by atoms with Gasteiger partial charge in [0.1, 0.15) is 11.5 Å². The molecule has 0 atom stereocenters. The first-order chi connectivity index (χ1) is 12.7. The number of nitrogens with zero attached hydrogens (tertiary/aromatic N) is 4. The second-order valence-corrected chi connectivity index (χ2v) is 7.18. The number of thioether (sulfide) groups is 1. The number of amides is 1. The zero-order valence-electron chi connectivity index (χ0n) is 13.3. The van der Waals surface area contributed by atoms with Crippen LogP contribution in [-0.4, -0.2) is 31.5 Å². The van der Waals surface area contributed by atoms with E-state index in [0.717, 1.165) is 10.6 Å². The van der Waals surface area contributed by atoms with Crippen molar-refractivity contribution in [2.45, 2.75) is 5.16 Å². The van der Waals surface area contributed by atoms with Gasteiger partial charge in [-0.15, -0.1) is 21.5 Å². The van der Waals surface area contributed by atoms with E-state index in [4.69, 9.17) is 0 Å². The molecule has 0 aliphatic heterocycles. The second kappa shape index (κ2) is 7.22. The Morgan fingerprint density at radius 3 is 2.77 bits per heavy atom. The van der Waals surface area contributed by atoms with Crippen molar-refractivity contribution in [2.24, 2.45) is 0 Å². The minimum atomic E-state index is -0.347. The van der Waals surface area contributed by atoms with Crippen molar-refractivity contribution in [2.75, 3.05) is 11.1 Å². The van der Waals surface area contributed by atoms with Crippen LogP contribution in [0, 0.1) is 5.82 Å². The third-order valence-corrected chi connectivity index (χ3v) is 5.28. The van der Waals surface area contributed by atoms with Gasteiger partial charge >= 0.3 is 0 Å². The molecule has 0 bridgehead atoms. The first kappa shape index (κ1) is 16.7. The third kappa shape index (κ3) is 3.58. The van der Waals surface area contributed by atoms with Crippen LogP contribution in [0.5, 0.6) is 0 Å². The Morgan fingerprint density at radius 2 is 2.00 bits per heavy atom. The van der Waals surface area contributed by atoms with Crippen LogP contribution in [0.1, 0.15) is 0 Å². The molecule has 0 saturated carbocycles. The molecule has 1 N–H and O–H groups in total. The number of hydrogen-bond donors (Lipinski definition) is 1. The van der Waals surface area contributed by atoms with Crippen molar-refractivity contribution in [1.29, 1.82) is 0 Å². The maximum atomic E-state index is 12.9. The Hall–Kier alpha value is -2.78. The Bertz CT molecular complexity index is 1050. The summed E-state index contributed by atoms with van der Waals surface area (Å²) in [5, 5.41) is 18.0. The molecule has 0 fully saturated rings. The Kier molecular flexibility index (Phi) is 4.63. The summed E-state index contributed by atoms with van der Waals surface area (Å²) in [7, 11) is 0. The number of thiophene rings is 1. The molecule has 0 aliphatic rings. The normalized spacial score (nSPS) is 11.0. The average Bonchev–Trinajstić information content (AvgIpc) is 3.31. The number of anilines is 1. The number of halogens is 1. The summed E-state index contributed by atoms with van der Waals surface area (Å²) in [4.78, 5) is 13.1. The fourth-order valence-electron chi connectivity index (χ4n) is 2.28. The van der Waals surface area contributed by atoms with E-state index < -0.39 is 0 Å². The molecule has 26 heavy (non-hydrogen) atoms. The lowest BCUT2D eigenvalue weighted by Crippen LogP contribution is -2.14. The summed E-state index contributed by atoms with van der Waals surface area (Å²) in [5.74, 6) is -0.420. The van der Waals surface area contributed by atoms with Gasteiger partial charge in [-0.1, -0.05) is 17.8 Å². The minimum absolute atomic E-state index is 0.142. The van der Waals surface area contributed by atoms with Crippen LogP contribution in [0.15, 0.2) is 59.1 Å². The van der Waals surface area contributed by atoms with Gasteiger partial charge in [-0.25, -0.2) is 4.39 Å². The average molecular weight is 385 g/mol. The van der Waals surface area contributed by atoms with E-state index in [9.17, 15) is 9.18 Å². The monoisotopic (exact) mass is 385 g/mol. The van der Waals surface area contributed by atoms with E-state index in [0.29, 0.717) is 16.5 Å². The number of benzene rings is 1. The molecule has 1 aromatic carbocycles. The zero-order chi connectivity index (χ0) is 17.9. The van der Waals surface area contributed by atoms with E-state index in [2.05, 4.69) is 20.6 Å². The molecule has 1 amide bonds. The van der Waals surface area contributed by atoms with Gasteiger partial charge in [0.25, 0.3) is 0 Å². The zero-order valence-corrected chi connectivity index (χ0v) is 14.9. The summed E-state index contributed by atoms with van der Waals surface area (Å²) in [6.07, 6.45) is 0. The van der Waals surface area contributed by atoms with Crippen molar-refractivity contribution in [3.63, 3.8) is 0 Å². The number of aromatic nitrogens is 4. The highest BCUT2D eigenvalue weighted by molar-refractivity contribution is 7.99. The first-order valence-electron chi connectivity index (χ1n) is 7.63. The van der Waals surface area contributed by atoms with Crippen LogP contribution in [0.2, 0.25) is 0 Å². The largest absolute Gasteiger partial charge is 0.325 e. The summed E-state index contributed by atoms with van der Waals surface area (Å²) >= 11 is 2.84. The first-order valence-corrected chi connectivity index (χ1v) is 9.50. The molecule has 0 saturated heterocycles. The van der Waals surface area contributed by atoms with Crippen LogP contribution in [0.25, 0.3) is 16.2 Å². The molecule has 6 nitrogen and oxygen atoms in total. The van der Waals surface area contributed by atoms with Crippen LogP contribution >= 0.6 is 23.1 Å². The molecule has 4 aromatic rings. The molecule has 0 spiro atoms. The molecule has 3 aromatic heterocycles. The van der Waals surface area contributed by atoms with Gasteiger partial charge in [0.2, 0.25) is 11.1 Å². The smallest absolute Gasteiger partial charge is 0.234 e. The molecule has 3 heterocycles. The fourth-order valence-corrected chi connectivity index (χ4v) is 3.65.